The van der Waals surface area contributed by atoms with Crippen molar-refractivity contribution in [1.82, 2.24) is 0 Å². The van der Waals surface area contributed by atoms with Crippen LogP contribution in [0.4, 0.5) is 5.69 Å². The van der Waals surface area contributed by atoms with Gasteiger partial charge in [0.05, 0.1) is 0 Å². The van der Waals surface area contributed by atoms with E-state index in [0.717, 1.165) is 6.54 Å². The standard InChI is InChI=1S/C16H20N2/c1-13-5-3-7-15(9-13)12-18(2)16-8-4-6-14(10-16)11-17/h3-10H,11-12,17H2,1-2H3. The number of nitrogens with zero attached hydrogens (tertiary/aromatic N) is 1. The Hall–Kier alpha value is -1.80. The lowest BCUT2D eigenvalue weighted by molar-refractivity contribution is 0.917. The molecule has 94 valence electrons. The molecule has 0 radical (unpaired) electrons. The highest BCUT2D eigenvalue weighted by atomic mass is 15.1. The number of benzene rings is 2. The second-order valence-corrected chi connectivity index (χ2v) is 4.72. The van der Waals surface area contributed by atoms with Gasteiger partial charge in [-0.25, -0.2) is 0 Å². The molecule has 0 aromatic heterocycles. The number of rotatable bonds is 4. The van der Waals surface area contributed by atoms with Gasteiger partial charge >= 0.3 is 0 Å². The second-order valence-electron chi connectivity index (χ2n) is 4.72. The molecule has 2 rings (SSSR count). The first-order chi connectivity index (χ1) is 8.69. The summed E-state index contributed by atoms with van der Waals surface area (Å²) < 4.78 is 0. The molecule has 0 saturated heterocycles. The van der Waals surface area contributed by atoms with Crippen molar-refractivity contribution in [2.45, 2.75) is 20.0 Å². The average Bonchev–Trinajstić information content (AvgIpc) is 2.39. The number of nitrogens with two attached hydrogens (primary N) is 1. The van der Waals surface area contributed by atoms with E-state index in [9.17, 15) is 0 Å². The van der Waals surface area contributed by atoms with Crippen molar-refractivity contribution >= 4 is 5.69 Å². The molecule has 0 bridgehead atoms. The zero-order chi connectivity index (χ0) is 13.0. The maximum Gasteiger partial charge on any atom is 0.0426 e. The van der Waals surface area contributed by atoms with Crippen LogP contribution in [0, 0.1) is 6.92 Å². The summed E-state index contributed by atoms with van der Waals surface area (Å²) in [6.45, 7) is 3.63. The highest BCUT2D eigenvalue weighted by Gasteiger charge is 2.03. The van der Waals surface area contributed by atoms with Crippen LogP contribution in [0.5, 0.6) is 0 Å². The van der Waals surface area contributed by atoms with Gasteiger partial charge < -0.3 is 10.6 Å². The van der Waals surface area contributed by atoms with Crippen LogP contribution in [0.15, 0.2) is 48.5 Å². The maximum atomic E-state index is 5.67. The third-order valence-corrected chi connectivity index (χ3v) is 3.09. The molecule has 0 fully saturated rings. The Kier molecular flexibility index (Phi) is 4.00. The van der Waals surface area contributed by atoms with E-state index in [1.165, 1.54) is 22.4 Å². The summed E-state index contributed by atoms with van der Waals surface area (Å²) in [5, 5.41) is 0. The fraction of sp³-hybridized carbons (Fsp3) is 0.250. The van der Waals surface area contributed by atoms with E-state index in [2.05, 4.69) is 67.4 Å². The van der Waals surface area contributed by atoms with Gasteiger partial charge in [-0.3, -0.25) is 0 Å². The van der Waals surface area contributed by atoms with Gasteiger partial charge in [-0.1, -0.05) is 42.0 Å². The summed E-state index contributed by atoms with van der Waals surface area (Å²) in [6, 6.07) is 17.0. The third kappa shape index (κ3) is 3.11. The summed E-state index contributed by atoms with van der Waals surface area (Å²) in [6.07, 6.45) is 0. The van der Waals surface area contributed by atoms with Gasteiger partial charge in [0.2, 0.25) is 0 Å². The minimum atomic E-state index is 0.589. The molecule has 0 saturated carbocycles. The van der Waals surface area contributed by atoms with Crippen LogP contribution >= 0.6 is 0 Å². The van der Waals surface area contributed by atoms with Crippen molar-refractivity contribution in [3.05, 3.63) is 65.2 Å². The molecule has 0 atom stereocenters. The first kappa shape index (κ1) is 12.7. The third-order valence-electron chi connectivity index (χ3n) is 3.09. The van der Waals surface area contributed by atoms with Crippen LogP contribution in [0.2, 0.25) is 0 Å². The quantitative estimate of drug-likeness (QED) is 0.889. The first-order valence-electron chi connectivity index (χ1n) is 6.25. The van der Waals surface area contributed by atoms with Gasteiger partial charge in [0.25, 0.3) is 0 Å². The van der Waals surface area contributed by atoms with Gasteiger partial charge in [0.1, 0.15) is 0 Å². The zero-order valence-corrected chi connectivity index (χ0v) is 11.1. The summed E-state index contributed by atoms with van der Waals surface area (Å²) in [5.74, 6) is 0. The number of anilines is 1. The van der Waals surface area contributed by atoms with E-state index in [0.29, 0.717) is 6.54 Å². The lowest BCUT2D eigenvalue weighted by Crippen LogP contribution is -2.16. The topological polar surface area (TPSA) is 29.3 Å². The molecule has 0 amide bonds. The summed E-state index contributed by atoms with van der Waals surface area (Å²) in [4.78, 5) is 2.24. The average molecular weight is 240 g/mol. The monoisotopic (exact) mass is 240 g/mol. The molecule has 0 aliphatic heterocycles. The van der Waals surface area contributed by atoms with Crippen LogP contribution in [-0.2, 0) is 13.1 Å². The molecule has 2 aromatic carbocycles. The number of hydrogen-bond acceptors (Lipinski definition) is 2. The summed E-state index contributed by atoms with van der Waals surface area (Å²) in [7, 11) is 2.11. The molecule has 2 nitrogen and oxygen atoms in total. The Morgan fingerprint density at radius 2 is 1.72 bits per heavy atom. The van der Waals surface area contributed by atoms with Gasteiger partial charge in [-0.05, 0) is 30.2 Å². The highest BCUT2D eigenvalue weighted by molar-refractivity contribution is 5.48. The molecule has 0 aliphatic rings. The number of aryl methyl sites for hydroxylation is 1. The van der Waals surface area contributed by atoms with Crippen LogP contribution in [0.25, 0.3) is 0 Å². The minimum Gasteiger partial charge on any atom is -0.370 e. The lowest BCUT2D eigenvalue weighted by Gasteiger charge is -2.20. The van der Waals surface area contributed by atoms with Gasteiger partial charge in [-0.15, -0.1) is 0 Å². The zero-order valence-electron chi connectivity index (χ0n) is 11.1. The minimum absolute atomic E-state index is 0.589. The molecule has 0 aliphatic carbocycles. The van der Waals surface area contributed by atoms with Crippen molar-refractivity contribution in [3.8, 4) is 0 Å². The molecular weight excluding hydrogens is 220 g/mol. The van der Waals surface area contributed by atoms with Gasteiger partial charge in [-0.2, -0.15) is 0 Å². The number of hydrogen-bond donors (Lipinski definition) is 1. The van der Waals surface area contributed by atoms with E-state index in [-0.39, 0.29) is 0 Å². The van der Waals surface area contributed by atoms with Crippen LogP contribution < -0.4 is 10.6 Å². The molecule has 0 unspecified atom stereocenters. The molecule has 2 aromatic rings. The Balaban J connectivity index is 2.13. The Labute approximate surface area is 109 Å². The largest absolute Gasteiger partial charge is 0.370 e. The first-order valence-corrected chi connectivity index (χ1v) is 6.25. The summed E-state index contributed by atoms with van der Waals surface area (Å²) >= 11 is 0. The molecule has 2 heteroatoms. The van der Waals surface area contributed by atoms with Crippen LogP contribution in [0.3, 0.4) is 0 Å². The van der Waals surface area contributed by atoms with Crippen LogP contribution in [-0.4, -0.2) is 7.05 Å². The van der Waals surface area contributed by atoms with Crippen molar-refractivity contribution in [2.75, 3.05) is 11.9 Å². The van der Waals surface area contributed by atoms with E-state index in [1.54, 1.807) is 0 Å². The Morgan fingerprint density at radius 3 is 2.44 bits per heavy atom. The predicted octanol–water partition coefficient (Wildman–Crippen LogP) is 3.09. The van der Waals surface area contributed by atoms with Crippen molar-refractivity contribution in [2.24, 2.45) is 5.73 Å². The van der Waals surface area contributed by atoms with Gasteiger partial charge in [0, 0.05) is 25.8 Å². The molecule has 2 N–H and O–H groups in total. The molecule has 0 spiro atoms. The van der Waals surface area contributed by atoms with E-state index >= 15 is 0 Å². The van der Waals surface area contributed by atoms with Crippen molar-refractivity contribution < 1.29 is 0 Å². The smallest absolute Gasteiger partial charge is 0.0426 e. The predicted molar refractivity (Wildman–Crippen MR) is 77.6 cm³/mol. The fourth-order valence-electron chi connectivity index (χ4n) is 2.10. The normalized spacial score (nSPS) is 10.4. The highest BCUT2D eigenvalue weighted by Crippen LogP contribution is 2.17. The molecular formula is C16H20N2. The Morgan fingerprint density at radius 1 is 1.00 bits per heavy atom. The van der Waals surface area contributed by atoms with Gasteiger partial charge in [0.15, 0.2) is 0 Å². The van der Waals surface area contributed by atoms with Crippen LogP contribution in [0.1, 0.15) is 16.7 Å². The van der Waals surface area contributed by atoms with E-state index in [1.807, 2.05) is 0 Å². The SMILES string of the molecule is Cc1cccc(CN(C)c2cccc(CN)c2)c1. The second kappa shape index (κ2) is 5.69. The summed E-state index contributed by atoms with van der Waals surface area (Å²) in [5.41, 5.74) is 10.7. The maximum absolute atomic E-state index is 5.67. The molecule has 18 heavy (non-hydrogen) atoms. The Bertz CT molecular complexity index is 520. The van der Waals surface area contributed by atoms with Crippen molar-refractivity contribution in [3.63, 3.8) is 0 Å². The van der Waals surface area contributed by atoms with E-state index in [4.69, 9.17) is 5.73 Å². The fourth-order valence-corrected chi connectivity index (χ4v) is 2.10. The molecule has 0 heterocycles. The van der Waals surface area contributed by atoms with E-state index < -0.39 is 0 Å². The van der Waals surface area contributed by atoms with Crippen molar-refractivity contribution in [1.29, 1.82) is 0 Å². The lowest BCUT2D eigenvalue weighted by atomic mass is 10.1.